The second-order valence-electron chi connectivity index (χ2n) is 11.9. The molecule has 7 heteroatoms. The second kappa shape index (κ2) is 11.3. The van der Waals surface area contributed by atoms with Crippen molar-refractivity contribution in [3.63, 3.8) is 0 Å². The van der Waals surface area contributed by atoms with Gasteiger partial charge in [-0.3, -0.25) is 14.7 Å². The Morgan fingerprint density at radius 3 is 2.48 bits per heavy atom. The average molecular weight is 539 g/mol. The van der Waals surface area contributed by atoms with Crippen LogP contribution in [0.15, 0.2) is 67.0 Å². The van der Waals surface area contributed by atoms with Gasteiger partial charge in [0.05, 0.1) is 31.6 Å². The van der Waals surface area contributed by atoms with E-state index in [0.29, 0.717) is 30.8 Å². The molecule has 4 aromatic rings. The number of anilines is 2. The number of carbonyl (C=O) groups excluding carboxylic acids is 1. The van der Waals surface area contributed by atoms with Crippen molar-refractivity contribution in [2.24, 2.45) is 5.41 Å². The Balaban J connectivity index is 1.46. The van der Waals surface area contributed by atoms with E-state index in [4.69, 9.17) is 9.72 Å². The number of aliphatic hydroxyl groups is 1. The number of aryl methyl sites for hydroxylation is 1. The second-order valence-corrected chi connectivity index (χ2v) is 11.9. The number of amides is 1. The van der Waals surface area contributed by atoms with Gasteiger partial charge in [-0.1, -0.05) is 51.1 Å². The molecule has 1 N–H and O–H groups in total. The highest BCUT2D eigenvalue weighted by molar-refractivity contribution is 6.01. The zero-order valence-corrected chi connectivity index (χ0v) is 24.0. The van der Waals surface area contributed by atoms with Crippen molar-refractivity contribution in [3.8, 4) is 16.9 Å². The monoisotopic (exact) mass is 538 g/mol. The molecule has 0 radical (unpaired) electrons. The maximum absolute atomic E-state index is 13.7. The minimum atomic E-state index is -0.311. The summed E-state index contributed by atoms with van der Waals surface area (Å²) in [5.41, 5.74) is 5.81. The van der Waals surface area contributed by atoms with E-state index in [2.05, 4.69) is 73.1 Å². The fraction of sp³-hybridized carbons (Fsp3) is 0.364. The number of β-amino-alcohol motifs (C(OH)–C–C–N with tert-alkyl or cyclic N) is 1. The van der Waals surface area contributed by atoms with Gasteiger partial charge in [0, 0.05) is 31.1 Å². The Bertz CT molecular complexity index is 1510. The number of pyridine rings is 2. The summed E-state index contributed by atoms with van der Waals surface area (Å²) in [5, 5.41) is 10.9. The molecule has 0 spiro atoms. The number of carbonyl (C=O) groups is 1. The number of methoxy groups -OCH3 is 1. The molecular formula is C33H38N4O3. The van der Waals surface area contributed by atoms with Crippen LogP contribution in [0.3, 0.4) is 0 Å². The predicted octanol–water partition coefficient (Wildman–Crippen LogP) is 6.15. The smallest absolute Gasteiger partial charge is 0.229 e. The van der Waals surface area contributed by atoms with Crippen LogP contribution < -0.4 is 14.5 Å². The van der Waals surface area contributed by atoms with Crippen LogP contribution in [0.1, 0.15) is 44.7 Å². The van der Waals surface area contributed by atoms with Gasteiger partial charge in [0.15, 0.2) is 5.82 Å². The fourth-order valence-electron chi connectivity index (χ4n) is 5.25. The van der Waals surface area contributed by atoms with Crippen LogP contribution in [0.5, 0.6) is 5.75 Å². The Morgan fingerprint density at radius 1 is 1.07 bits per heavy atom. The van der Waals surface area contributed by atoms with E-state index in [1.807, 2.05) is 25.3 Å². The molecule has 0 saturated carbocycles. The van der Waals surface area contributed by atoms with E-state index in [1.54, 1.807) is 18.2 Å². The van der Waals surface area contributed by atoms with Crippen LogP contribution in [0, 0.1) is 12.3 Å². The number of benzene rings is 2. The maximum Gasteiger partial charge on any atom is 0.229 e. The van der Waals surface area contributed by atoms with Gasteiger partial charge < -0.3 is 14.7 Å². The Hall–Kier alpha value is -3.97. The molecule has 208 valence electrons. The number of hydrogen-bond donors (Lipinski definition) is 1. The molecule has 1 saturated heterocycles. The molecule has 2 aromatic heterocycles. The first-order valence-electron chi connectivity index (χ1n) is 13.8. The Kier molecular flexibility index (Phi) is 7.76. The van der Waals surface area contributed by atoms with Crippen molar-refractivity contribution >= 4 is 28.3 Å². The average Bonchev–Trinajstić information content (AvgIpc) is 3.36. The molecule has 1 atom stereocenters. The van der Waals surface area contributed by atoms with E-state index >= 15 is 0 Å². The summed E-state index contributed by atoms with van der Waals surface area (Å²) in [6, 6.07) is 18.5. The van der Waals surface area contributed by atoms with E-state index in [1.165, 1.54) is 0 Å². The summed E-state index contributed by atoms with van der Waals surface area (Å²) >= 11 is 0. The van der Waals surface area contributed by atoms with Crippen LogP contribution in [0.4, 0.5) is 11.5 Å². The number of hydrogen-bond acceptors (Lipinski definition) is 6. The van der Waals surface area contributed by atoms with Crippen LogP contribution in [-0.2, 0) is 11.3 Å². The van der Waals surface area contributed by atoms with Gasteiger partial charge in [-0.25, -0.2) is 4.98 Å². The van der Waals surface area contributed by atoms with Crippen molar-refractivity contribution < 1.29 is 14.6 Å². The number of rotatable bonds is 7. The Morgan fingerprint density at radius 2 is 1.82 bits per heavy atom. The third-order valence-corrected chi connectivity index (χ3v) is 7.36. The van der Waals surface area contributed by atoms with Gasteiger partial charge in [0.25, 0.3) is 0 Å². The van der Waals surface area contributed by atoms with Crippen LogP contribution in [0.2, 0.25) is 0 Å². The molecule has 1 aliphatic rings. The highest BCUT2D eigenvalue weighted by Crippen LogP contribution is 2.31. The molecule has 3 heterocycles. The molecule has 0 aliphatic carbocycles. The maximum atomic E-state index is 13.7. The lowest BCUT2D eigenvalue weighted by molar-refractivity contribution is -0.120. The van der Waals surface area contributed by atoms with Crippen LogP contribution in [-0.4, -0.2) is 47.3 Å². The van der Waals surface area contributed by atoms with Gasteiger partial charge >= 0.3 is 0 Å². The molecule has 7 nitrogen and oxygen atoms in total. The minimum Gasteiger partial charge on any atom is -0.496 e. The van der Waals surface area contributed by atoms with Crippen LogP contribution >= 0.6 is 0 Å². The fourth-order valence-corrected chi connectivity index (χ4v) is 5.25. The van der Waals surface area contributed by atoms with Crippen molar-refractivity contribution in [1.82, 2.24) is 9.97 Å². The summed E-state index contributed by atoms with van der Waals surface area (Å²) in [7, 11) is 1.68. The van der Waals surface area contributed by atoms with Crippen molar-refractivity contribution in [2.75, 3.05) is 30.0 Å². The number of nitrogens with zero attached hydrogens (tertiary/aromatic N) is 4. The topological polar surface area (TPSA) is 78.8 Å². The highest BCUT2D eigenvalue weighted by Gasteiger charge is 2.26. The standard InChI is InChI=1S/C33H38N4O3/c1-22-16-25(10-11-29(22)40-5)24-8-6-23(7-9-24)20-37(30(39)18-33(2,3)4)32-31-26(12-14-34-32)17-27(19-35-31)36-15-13-28(38)21-36/h6-12,14,16-17,19,28,38H,13,15,18,20-21H2,1-5H3. The largest absolute Gasteiger partial charge is 0.496 e. The first-order valence-corrected chi connectivity index (χ1v) is 13.8. The Labute approximate surface area is 236 Å². The summed E-state index contributed by atoms with van der Waals surface area (Å²) in [6.07, 6.45) is 4.40. The minimum absolute atomic E-state index is 0.0101. The quantitative estimate of drug-likeness (QED) is 0.304. The first kappa shape index (κ1) is 27.6. The zero-order chi connectivity index (χ0) is 28.4. The number of fused-ring (bicyclic) bond motifs is 1. The number of aliphatic hydroxyl groups excluding tert-OH is 1. The molecular weight excluding hydrogens is 500 g/mol. The molecule has 5 rings (SSSR count). The molecule has 1 amide bonds. The molecule has 2 aromatic carbocycles. The van der Waals surface area contributed by atoms with E-state index < -0.39 is 0 Å². The summed E-state index contributed by atoms with van der Waals surface area (Å²) in [6.45, 7) is 10.0. The van der Waals surface area contributed by atoms with Gasteiger partial charge in [0.1, 0.15) is 11.3 Å². The van der Waals surface area contributed by atoms with E-state index in [-0.39, 0.29) is 17.4 Å². The lowest BCUT2D eigenvalue weighted by Gasteiger charge is -2.27. The third-order valence-electron chi connectivity index (χ3n) is 7.36. The number of aromatic nitrogens is 2. The molecule has 40 heavy (non-hydrogen) atoms. The highest BCUT2D eigenvalue weighted by atomic mass is 16.5. The zero-order valence-electron chi connectivity index (χ0n) is 24.0. The molecule has 1 aliphatic heterocycles. The van der Waals surface area contributed by atoms with Gasteiger partial charge in [-0.2, -0.15) is 0 Å². The lowest BCUT2D eigenvalue weighted by Crippen LogP contribution is -2.34. The van der Waals surface area contributed by atoms with Crippen molar-refractivity contribution in [2.45, 2.75) is 53.2 Å². The van der Waals surface area contributed by atoms with Gasteiger partial charge in [0.2, 0.25) is 5.91 Å². The van der Waals surface area contributed by atoms with E-state index in [0.717, 1.165) is 52.0 Å². The summed E-state index contributed by atoms with van der Waals surface area (Å²) in [5.74, 6) is 1.44. The molecule has 1 unspecified atom stereocenters. The third kappa shape index (κ3) is 6.10. The van der Waals surface area contributed by atoms with E-state index in [9.17, 15) is 9.90 Å². The first-order chi connectivity index (χ1) is 19.1. The van der Waals surface area contributed by atoms with Crippen molar-refractivity contribution in [1.29, 1.82) is 0 Å². The SMILES string of the molecule is COc1ccc(-c2ccc(CN(C(=O)CC(C)(C)C)c3nccc4cc(N5CCC(O)C5)cnc34)cc2)cc1C. The van der Waals surface area contributed by atoms with Crippen molar-refractivity contribution in [3.05, 3.63) is 78.1 Å². The number of ether oxygens (including phenoxy) is 1. The van der Waals surface area contributed by atoms with Gasteiger partial charge in [-0.05, 0) is 65.3 Å². The van der Waals surface area contributed by atoms with Crippen LogP contribution in [0.25, 0.3) is 22.0 Å². The molecule has 1 fully saturated rings. The molecule has 0 bridgehead atoms. The predicted molar refractivity (Wildman–Crippen MR) is 161 cm³/mol. The lowest BCUT2D eigenvalue weighted by atomic mass is 9.91. The summed E-state index contributed by atoms with van der Waals surface area (Å²) < 4.78 is 5.40. The normalized spacial score (nSPS) is 15.4. The van der Waals surface area contributed by atoms with Gasteiger partial charge in [-0.15, -0.1) is 0 Å². The summed E-state index contributed by atoms with van der Waals surface area (Å²) in [4.78, 5) is 27.1.